The summed E-state index contributed by atoms with van der Waals surface area (Å²) in [6.45, 7) is 8.47. The van der Waals surface area contributed by atoms with Crippen LogP contribution in [-0.2, 0) is 11.2 Å². The van der Waals surface area contributed by atoms with Crippen LogP contribution in [0.15, 0.2) is 36.2 Å². The Balaban J connectivity index is 1.91. The van der Waals surface area contributed by atoms with E-state index >= 15 is 0 Å². The third-order valence-corrected chi connectivity index (χ3v) is 4.66. The molecule has 2 heterocycles. The van der Waals surface area contributed by atoms with Crippen molar-refractivity contribution in [2.75, 3.05) is 0 Å². The lowest BCUT2D eigenvalue weighted by Gasteiger charge is -2.12. The lowest BCUT2D eigenvalue weighted by molar-refractivity contribution is -0.118. The van der Waals surface area contributed by atoms with Crippen molar-refractivity contribution in [2.45, 2.75) is 53.4 Å². The molecular formula is C21H27N3O. The van der Waals surface area contributed by atoms with Crippen molar-refractivity contribution >= 4 is 11.5 Å². The van der Waals surface area contributed by atoms with Crippen LogP contribution in [0.5, 0.6) is 0 Å². The molecule has 0 aliphatic carbocycles. The Morgan fingerprint density at radius 2 is 1.96 bits per heavy atom. The maximum Gasteiger partial charge on any atom is 0.228 e. The molecule has 1 aromatic carbocycles. The highest BCUT2D eigenvalue weighted by molar-refractivity contribution is 5.96. The summed E-state index contributed by atoms with van der Waals surface area (Å²) in [5.41, 5.74) is 5.47. The fraction of sp³-hybridized carbons (Fsp3) is 0.429. The summed E-state index contributed by atoms with van der Waals surface area (Å²) in [5, 5.41) is 3.01. The zero-order chi connectivity index (χ0) is 18.0. The molecule has 0 spiro atoms. The molecule has 1 aliphatic heterocycles. The number of unbranched alkanes of at least 4 members (excludes halogenated alkanes) is 1. The van der Waals surface area contributed by atoms with Crippen molar-refractivity contribution in [3.05, 3.63) is 53.2 Å². The summed E-state index contributed by atoms with van der Waals surface area (Å²) in [6, 6.07) is 8.48. The molecule has 0 atom stereocenters. The molecule has 0 saturated carbocycles. The molecule has 4 heteroatoms. The van der Waals surface area contributed by atoms with Gasteiger partial charge in [-0.25, -0.2) is 4.98 Å². The van der Waals surface area contributed by atoms with E-state index < -0.39 is 0 Å². The van der Waals surface area contributed by atoms with E-state index in [4.69, 9.17) is 0 Å². The van der Waals surface area contributed by atoms with Gasteiger partial charge < -0.3 is 9.88 Å². The molecule has 0 radical (unpaired) electrons. The molecular weight excluding hydrogens is 310 g/mol. The van der Waals surface area contributed by atoms with E-state index in [1.165, 1.54) is 0 Å². The molecule has 3 rings (SSSR count). The maximum atomic E-state index is 11.8. The summed E-state index contributed by atoms with van der Waals surface area (Å²) < 4.78 is 2.19. The minimum Gasteiger partial charge on any atom is -0.329 e. The van der Waals surface area contributed by atoms with Crippen molar-refractivity contribution in [3.8, 4) is 5.69 Å². The van der Waals surface area contributed by atoms with Crippen LogP contribution in [0.4, 0.5) is 0 Å². The molecule has 0 bridgehead atoms. The summed E-state index contributed by atoms with van der Waals surface area (Å²) >= 11 is 0. The van der Waals surface area contributed by atoms with Gasteiger partial charge in [0.1, 0.15) is 5.82 Å². The number of allylic oxidation sites excluding steroid dienone is 1. The first-order valence-electron chi connectivity index (χ1n) is 9.18. The zero-order valence-corrected chi connectivity index (χ0v) is 15.6. The van der Waals surface area contributed by atoms with Crippen molar-refractivity contribution < 1.29 is 4.79 Å². The second-order valence-electron chi connectivity index (χ2n) is 7.09. The van der Waals surface area contributed by atoms with E-state index in [0.29, 0.717) is 12.3 Å². The molecule has 1 aliphatic rings. The highest BCUT2D eigenvalue weighted by Crippen LogP contribution is 2.30. The summed E-state index contributed by atoms with van der Waals surface area (Å²) in [7, 11) is 0. The van der Waals surface area contributed by atoms with Gasteiger partial charge >= 0.3 is 0 Å². The lowest BCUT2D eigenvalue weighted by atomic mass is 9.98. The normalized spacial score (nSPS) is 14.5. The summed E-state index contributed by atoms with van der Waals surface area (Å²) in [5.74, 6) is 1.53. The van der Waals surface area contributed by atoms with E-state index in [1.807, 2.05) is 6.92 Å². The zero-order valence-electron chi connectivity index (χ0n) is 15.6. The van der Waals surface area contributed by atoms with Crippen LogP contribution in [0.25, 0.3) is 11.3 Å². The van der Waals surface area contributed by atoms with Gasteiger partial charge in [0.05, 0.1) is 12.1 Å². The molecule has 1 aromatic heterocycles. The number of hydrogen-bond donors (Lipinski definition) is 1. The highest BCUT2D eigenvalue weighted by atomic mass is 16.1. The van der Waals surface area contributed by atoms with Crippen LogP contribution in [-0.4, -0.2) is 15.5 Å². The number of aromatic nitrogens is 2. The number of benzene rings is 1. The first kappa shape index (κ1) is 17.5. The monoisotopic (exact) mass is 337 g/mol. The Bertz CT molecular complexity index is 797. The largest absolute Gasteiger partial charge is 0.329 e. The Morgan fingerprint density at radius 3 is 2.60 bits per heavy atom. The fourth-order valence-corrected chi connectivity index (χ4v) is 3.38. The van der Waals surface area contributed by atoms with Gasteiger partial charge in [0, 0.05) is 24.0 Å². The number of carbonyl (C=O) groups excluding carboxylic acids is 1. The number of carbonyl (C=O) groups is 1. The smallest absolute Gasteiger partial charge is 0.228 e. The maximum absolute atomic E-state index is 11.8. The van der Waals surface area contributed by atoms with Gasteiger partial charge in [0.25, 0.3) is 0 Å². The molecule has 0 saturated heterocycles. The van der Waals surface area contributed by atoms with Gasteiger partial charge in [-0.15, -0.1) is 0 Å². The quantitative estimate of drug-likeness (QED) is 0.848. The Labute approximate surface area is 150 Å². The van der Waals surface area contributed by atoms with Gasteiger partial charge in [-0.2, -0.15) is 0 Å². The average molecular weight is 337 g/mol. The molecule has 0 fully saturated rings. The SMILES string of the molecule is CCCCc1nc(C)cn1-c1ccc(C2=C(C(C)C)NC(=O)C2)cc1. The van der Waals surface area contributed by atoms with Crippen LogP contribution in [0.3, 0.4) is 0 Å². The molecule has 25 heavy (non-hydrogen) atoms. The minimum atomic E-state index is 0.0925. The molecule has 1 N–H and O–H groups in total. The Kier molecular flexibility index (Phi) is 5.07. The lowest BCUT2D eigenvalue weighted by Crippen LogP contribution is -2.18. The molecule has 132 valence electrons. The van der Waals surface area contributed by atoms with Crippen LogP contribution >= 0.6 is 0 Å². The second kappa shape index (κ2) is 7.26. The van der Waals surface area contributed by atoms with Crippen LogP contribution in [0.1, 0.15) is 57.1 Å². The van der Waals surface area contributed by atoms with Gasteiger partial charge in [-0.3, -0.25) is 4.79 Å². The predicted molar refractivity (Wildman–Crippen MR) is 101 cm³/mol. The number of aryl methyl sites for hydroxylation is 2. The summed E-state index contributed by atoms with van der Waals surface area (Å²) in [6.07, 6.45) is 5.87. The fourth-order valence-electron chi connectivity index (χ4n) is 3.38. The van der Waals surface area contributed by atoms with Crippen molar-refractivity contribution in [1.29, 1.82) is 0 Å². The van der Waals surface area contributed by atoms with E-state index in [-0.39, 0.29) is 5.91 Å². The highest BCUT2D eigenvalue weighted by Gasteiger charge is 2.24. The van der Waals surface area contributed by atoms with Crippen LogP contribution in [0, 0.1) is 12.8 Å². The van der Waals surface area contributed by atoms with E-state index in [0.717, 1.165) is 53.3 Å². The molecule has 4 nitrogen and oxygen atoms in total. The third kappa shape index (κ3) is 3.68. The topological polar surface area (TPSA) is 46.9 Å². The second-order valence-corrected chi connectivity index (χ2v) is 7.09. The standard InChI is InChI=1S/C21H27N3O/c1-5-6-7-19-22-15(4)13-24(19)17-10-8-16(9-11-17)18-12-20(25)23-21(18)14(2)3/h8-11,13-14H,5-7,12H2,1-4H3,(H,23,25). The number of nitrogens with zero attached hydrogens (tertiary/aromatic N) is 2. The predicted octanol–water partition coefficient (Wildman–Crippen LogP) is 4.41. The molecule has 1 amide bonds. The Morgan fingerprint density at radius 1 is 1.24 bits per heavy atom. The Hall–Kier alpha value is -2.36. The number of imidazole rings is 1. The van der Waals surface area contributed by atoms with Gasteiger partial charge in [0.2, 0.25) is 5.91 Å². The van der Waals surface area contributed by atoms with E-state index in [1.54, 1.807) is 0 Å². The number of nitrogens with one attached hydrogen (secondary N) is 1. The van der Waals surface area contributed by atoms with Crippen molar-refractivity contribution in [2.24, 2.45) is 5.92 Å². The van der Waals surface area contributed by atoms with Gasteiger partial charge in [-0.05, 0) is 42.5 Å². The van der Waals surface area contributed by atoms with E-state index in [2.05, 4.69) is 66.1 Å². The van der Waals surface area contributed by atoms with E-state index in [9.17, 15) is 4.79 Å². The van der Waals surface area contributed by atoms with Crippen molar-refractivity contribution in [1.82, 2.24) is 14.9 Å². The minimum absolute atomic E-state index is 0.0925. The third-order valence-electron chi connectivity index (χ3n) is 4.66. The van der Waals surface area contributed by atoms with Gasteiger partial charge in [-0.1, -0.05) is 39.3 Å². The average Bonchev–Trinajstić information content (AvgIpc) is 3.16. The van der Waals surface area contributed by atoms with Crippen LogP contribution in [0.2, 0.25) is 0 Å². The number of rotatable bonds is 6. The van der Waals surface area contributed by atoms with Crippen LogP contribution < -0.4 is 5.32 Å². The first-order chi connectivity index (χ1) is 12.0. The molecule has 2 aromatic rings. The molecule has 0 unspecified atom stereocenters. The number of amides is 1. The number of hydrogen-bond acceptors (Lipinski definition) is 2. The first-order valence-corrected chi connectivity index (χ1v) is 9.18. The van der Waals surface area contributed by atoms with Gasteiger partial charge in [0.15, 0.2) is 0 Å². The van der Waals surface area contributed by atoms with Crippen molar-refractivity contribution in [3.63, 3.8) is 0 Å². The summed E-state index contributed by atoms with van der Waals surface area (Å²) in [4.78, 5) is 16.5.